The Labute approximate surface area is 153 Å². The largest absolute Gasteiger partial charge is 0.335 e. The van der Waals surface area contributed by atoms with Gasteiger partial charge in [0.15, 0.2) is 5.16 Å². The van der Waals surface area contributed by atoms with E-state index < -0.39 is 7.60 Å². The number of allylic oxidation sites excluding steroid dienone is 1. The molecule has 2 aromatic carbocycles. The third-order valence-corrected chi connectivity index (χ3v) is 6.65. The molecule has 0 unspecified atom stereocenters. The van der Waals surface area contributed by atoms with Crippen molar-refractivity contribution < 1.29 is 14.4 Å². The van der Waals surface area contributed by atoms with Crippen LogP contribution in [0.2, 0.25) is 5.02 Å². The fourth-order valence-corrected chi connectivity index (χ4v) is 4.64. The number of nitrogens with one attached hydrogen (secondary N) is 1. The van der Waals surface area contributed by atoms with Gasteiger partial charge in [-0.25, -0.2) is 4.98 Å². The van der Waals surface area contributed by atoms with Crippen LogP contribution >= 0.6 is 31.0 Å². The monoisotopic (exact) mass is 392 g/mol. The molecule has 1 aliphatic carbocycles. The lowest BCUT2D eigenvalue weighted by atomic mass is 10.00. The first-order chi connectivity index (χ1) is 11.9. The number of aromatic nitrogens is 2. The van der Waals surface area contributed by atoms with Crippen molar-refractivity contribution >= 4 is 48.1 Å². The molecular weight excluding hydrogens is 379 g/mol. The normalized spacial score (nSPS) is 13.6. The van der Waals surface area contributed by atoms with Crippen molar-refractivity contribution in [3.63, 3.8) is 0 Å². The average Bonchev–Trinajstić information content (AvgIpc) is 3.16. The third-order valence-electron chi connectivity index (χ3n) is 4.01. The number of aromatic amines is 1. The molecule has 0 saturated carbocycles. The van der Waals surface area contributed by atoms with E-state index in [4.69, 9.17) is 21.4 Å². The zero-order valence-corrected chi connectivity index (χ0v) is 15.4. The smallest absolute Gasteiger partial charge is 0.333 e. The Morgan fingerprint density at radius 2 is 2.12 bits per heavy atom. The Morgan fingerprint density at radius 1 is 1.28 bits per heavy atom. The fourth-order valence-electron chi connectivity index (χ4n) is 2.86. The van der Waals surface area contributed by atoms with E-state index in [1.165, 1.54) is 11.1 Å². The van der Waals surface area contributed by atoms with Gasteiger partial charge in [-0.05, 0) is 41.3 Å². The molecular formula is C17H14ClN2O3PS. The first kappa shape index (κ1) is 16.9. The second-order valence-corrected chi connectivity index (χ2v) is 9.29. The van der Waals surface area contributed by atoms with Gasteiger partial charge in [-0.15, -0.1) is 0 Å². The van der Waals surface area contributed by atoms with Crippen LogP contribution in [0.15, 0.2) is 41.6 Å². The van der Waals surface area contributed by atoms with E-state index in [-0.39, 0.29) is 5.49 Å². The molecule has 4 rings (SSSR count). The van der Waals surface area contributed by atoms with Gasteiger partial charge < -0.3 is 14.8 Å². The van der Waals surface area contributed by atoms with Crippen LogP contribution in [0.3, 0.4) is 0 Å². The topological polar surface area (TPSA) is 86.2 Å². The molecule has 0 radical (unpaired) electrons. The predicted molar refractivity (Wildman–Crippen MR) is 102 cm³/mol. The molecule has 0 atom stereocenters. The molecule has 25 heavy (non-hydrogen) atoms. The number of imidazole rings is 1. The van der Waals surface area contributed by atoms with Gasteiger partial charge in [0.05, 0.1) is 16.1 Å². The minimum Gasteiger partial charge on any atom is -0.333 e. The first-order valence-corrected chi connectivity index (χ1v) is 10.7. The highest BCUT2D eigenvalue weighted by Crippen LogP contribution is 2.41. The summed E-state index contributed by atoms with van der Waals surface area (Å²) < 4.78 is 11.0. The van der Waals surface area contributed by atoms with Gasteiger partial charge in [0.1, 0.15) is 5.49 Å². The molecule has 1 aromatic heterocycles. The van der Waals surface area contributed by atoms with Crippen molar-refractivity contribution in [3.05, 3.63) is 52.6 Å². The molecule has 0 aliphatic heterocycles. The van der Waals surface area contributed by atoms with Gasteiger partial charge >= 0.3 is 7.60 Å². The summed E-state index contributed by atoms with van der Waals surface area (Å²) in [4.78, 5) is 25.4. The van der Waals surface area contributed by atoms with Crippen LogP contribution in [0.4, 0.5) is 0 Å². The number of hydrogen-bond donors (Lipinski definition) is 3. The van der Waals surface area contributed by atoms with Crippen molar-refractivity contribution in [1.82, 2.24) is 9.97 Å². The van der Waals surface area contributed by atoms with E-state index in [1.54, 1.807) is 6.07 Å². The SMILES string of the molecule is O=P(O)(O)CSc1nc2cc(-c3ccc4c(c3)C=CC4)c(Cl)cc2[nH]1. The lowest BCUT2D eigenvalue weighted by molar-refractivity contribution is 0.379. The third kappa shape index (κ3) is 3.54. The number of fused-ring (bicyclic) bond motifs is 2. The van der Waals surface area contributed by atoms with Crippen molar-refractivity contribution in [3.8, 4) is 11.1 Å². The van der Waals surface area contributed by atoms with Gasteiger partial charge in [0.2, 0.25) is 0 Å². The average molecular weight is 393 g/mol. The Balaban J connectivity index is 1.71. The maximum Gasteiger partial charge on any atom is 0.335 e. The van der Waals surface area contributed by atoms with Crippen LogP contribution in [-0.2, 0) is 11.0 Å². The summed E-state index contributed by atoms with van der Waals surface area (Å²) in [5.74, 6) is 0. The number of nitrogens with zero attached hydrogens (tertiary/aromatic N) is 1. The Morgan fingerprint density at radius 3 is 2.92 bits per heavy atom. The number of thioether (sulfide) groups is 1. The molecule has 0 fully saturated rings. The van der Waals surface area contributed by atoms with E-state index in [0.717, 1.165) is 34.8 Å². The Kier molecular flexibility index (Phi) is 4.26. The first-order valence-electron chi connectivity index (χ1n) is 7.55. The maximum atomic E-state index is 11.0. The summed E-state index contributed by atoms with van der Waals surface area (Å²) in [5.41, 5.74) is 5.54. The highest BCUT2D eigenvalue weighted by molar-refractivity contribution is 8.04. The summed E-state index contributed by atoms with van der Waals surface area (Å²) in [6, 6.07) is 9.97. The number of hydrogen-bond acceptors (Lipinski definition) is 3. The Bertz CT molecular complexity index is 1060. The maximum absolute atomic E-state index is 11.0. The molecule has 0 saturated heterocycles. The van der Waals surface area contributed by atoms with Crippen LogP contribution in [0.25, 0.3) is 28.2 Å². The van der Waals surface area contributed by atoms with Gasteiger partial charge in [-0.3, -0.25) is 4.57 Å². The van der Waals surface area contributed by atoms with Gasteiger partial charge in [0.25, 0.3) is 0 Å². The summed E-state index contributed by atoms with van der Waals surface area (Å²) >= 11 is 7.45. The van der Waals surface area contributed by atoms with Crippen LogP contribution in [0, 0.1) is 0 Å². The molecule has 3 N–H and O–H groups in total. The van der Waals surface area contributed by atoms with Crippen molar-refractivity contribution in [1.29, 1.82) is 0 Å². The summed E-state index contributed by atoms with van der Waals surface area (Å²) in [7, 11) is -4.08. The predicted octanol–water partition coefficient (Wildman–Crippen LogP) is 4.68. The molecule has 1 aliphatic rings. The van der Waals surface area contributed by atoms with E-state index in [1.807, 2.05) is 6.07 Å². The summed E-state index contributed by atoms with van der Waals surface area (Å²) in [6.45, 7) is 0. The fraction of sp³-hybridized carbons (Fsp3) is 0.118. The lowest BCUT2D eigenvalue weighted by Crippen LogP contribution is -1.85. The van der Waals surface area contributed by atoms with Crippen LogP contribution in [0.1, 0.15) is 11.1 Å². The van der Waals surface area contributed by atoms with E-state index in [0.29, 0.717) is 15.7 Å². The molecule has 0 amide bonds. The van der Waals surface area contributed by atoms with Gasteiger partial charge in [-0.2, -0.15) is 0 Å². The zero-order chi connectivity index (χ0) is 17.6. The van der Waals surface area contributed by atoms with E-state index in [2.05, 4.69) is 40.3 Å². The summed E-state index contributed by atoms with van der Waals surface area (Å²) in [5, 5.41) is 1.06. The van der Waals surface area contributed by atoms with Crippen molar-refractivity contribution in [2.75, 3.05) is 5.49 Å². The molecule has 128 valence electrons. The summed E-state index contributed by atoms with van der Waals surface area (Å²) in [6.07, 6.45) is 5.20. The number of halogens is 1. The molecule has 1 heterocycles. The van der Waals surface area contributed by atoms with Gasteiger partial charge in [0, 0.05) is 5.56 Å². The second-order valence-electron chi connectivity index (χ2n) is 5.85. The van der Waals surface area contributed by atoms with Crippen molar-refractivity contribution in [2.24, 2.45) is 0 Å². The second kappa shape index (κ2) is 6.31. The standard InChI is InChI=1S/C17H14ClN2O3PS/c18-14-8-16-15(19-17(20-16)25-9-24(21,22)23)7-13(14)12-5-4-10-2-1-3-11(10)6-12/h1,3-8H,2,9H2,(H,19,20)(H2,21,22,23). The highest BCUT2D eigenvalue weighted by Gasteiger charge is 2.16. The van der Waals surface area contributed by atoms with E-state index in [9.17, 15) is 4.57 Å². The highest BCUT2D eigenvalue weighted by atomic mass is 35.5. The molecule has 3 aromatic rings. The lowest BCUT2D eigenvalue weighted by Gasteiger charge is -2.07. The zero-order valence-electron chi connectivity index (χ0n) is 12.9. The minimum absolute atomic E-state index is 0.315. The number of H-pyrrole nitrogens is 1. The minimum atomic E-state index is -4.08. The Hall–Kier alpha value is -1.56. The van der Waals surface area contributed by atoms with Gasteiger partial charge in [-0.1, -0.05) is 47.6 Å². The van der Waals surface area contributed by atoms with Crippen LogP contribution in [-0.4, -0.2) is 25.2 Å². The van der Waals surface area contributed by atoms with Crippen LogP contribution in [0.5, 0.6) is 0 Å². The quantitative estimate of drug-likeness (QED) is 0.443. The molecule has 0 spiro atoms. The number of benzene rings is 2. The molecule has 5 nitrogen and oxygen atoms in total. The van der Waals surface area contributed by atoms with Crippen LogP contribution < -0.4 is 0 Å². The van der Waals surface area contributed by atoms with E-state index >= 15 is 0 Å². The number of rotatable bonds is 4. The molecule has 0 bridgehead atoms. The molecule has 8 heteroatoms. The van der Waals surface area contributed by atoms with Crippen molar-refractivity contribution in [2.45, 2.75) is 11.6 Å².